The lowest BCUT2D eigenvalue weighted by atomic mass is 10.3. The highest BCUT2D eigenvalue weighted by atomic mass is 35.5. The molecular formula is C8H12ClNOS. The molecule has 0 bridgehead atoms. The van der Waals surface area contributed by atoms with Crippen molar-refractivity contribution in [3.8, 4) is 0 Å². The Balaban J connectivity index is 0.000000720. The summed E-state index contributed by atoms with van der Waals surface area (Å²) in [5.74, 6) is 0. The summed E-state index contributed by atoms with van der Waals surface area (Å²) in [6.45, 7) is 2.85. The third-order valence-corrected chi connectivity index (χ3v) is 3.47. The van der Waals surface area contributed by atoms with E-state index in [0.717, 1.165) is 24.9 Å². The molecule has 0 unspecified atom stereocenters. The van der Waals surface area contributed by atoms with Crippen LogP contribution in [0.3, 0.4) is 0 Å². The van der Waals surface area contributed by atoms with Gasteiger partial charge in [0.2, 0.25) is 0 Å². The fourth-order valence-corrected chi connectivity index (χ4v) is 2.70. The molecule has 0 aliphatic heterocycles. The van der Waals surface area contributed by atoms with Crippen molar-refractivity contribution in [1.82, 2.24) is 3.96 Å². The van der Waals surface area contributed by atoms with Crippen LogP contribution in [0.2, 0.25) is 0 Å². The van der Waals surface area contributed by atoms with Gasteiger partial charge in [-0.3, -0.25) is 8.75 Å². The molecule has 4 heteroatoms. The highest BCUT2D eigenvalue weighted by Crippen LogP contribution is 2.22. The Morgan fingerprint density at radius 2 is 2.25 bits per heavy atom. The average molecular weight is 206 g/mol. The summed E-state index contributed by atoms with van der Waals surface area (Å²) in [6.07, 6.45) is 3.32. The molecule has 2 nitrogen and oxygen atoms in total. The fourth-order valence-electron chi connectivity index (χ4n) is 1.58. The molecule has 1 aromatic heterocycles. The third-order valence-electron chi connectivity index (χ3n) is 2.16. The first-order valence-corrected chi connectivity index (χ1v) is 4.82. The van der Waals surface area contributed by atoms with Gasteiger partial charge in [-0.05, 0) is 26.2 Å². The first-order chi connectivity index (χ1) is 5.33. The number of hydrogen-bond donors (Lipinski definition) is 0. The minimum Gasteiger partial charge on any atom is -0.268 e. The van der Waals surface area contributed by atoms with Crippen LogP contribution in [0.1, 0.15) is 23.8 Å². The van der Waals surface area contributed by atoms with E-state index in [4.69, 9.17) is 0 Å². The van der Waals surface area contributed by atoms with E-state index in [2.05, 4.69) is 0 Å². The van der Waals surface area contributed by atoms with Gasteiger partial charge in [-0.25, -0.2) is 0 Å². The summed E-state index contributed by atoms with van der Waals surface area (Å²) in [5.41, 5.74) is 1.36. The predicted octanol–water partition coefficient (Wildman–Crippen LogP) is 1.84. The van der Waals surface area contributed by atoms with E-state index in [1.807, 2.05) is 10.9 Å². The summed E-state index contributed by atoms with van der Waals surface area (Å²) in [7, 11) is 0. The van der Waals surface area contributed by atoms with E-state index in [-0.39, 0.29) is 18.0 Å². The van der Waals surface area contributed by atoms with Gasteiger partial charge in [0, 0.05) is 17.0 Å². The molecule has 0 saturated heterocycles. The molecule has 2 rings (SSSR count). The van der Waals surface area contributed by atoms with Crippen molar-refractivity contribution >= 4 is 23.9 Å². The molecule has 1 aromatic rings. The molecule has 0 radical (unpaired) electrons. The summed E-state index contributed by atoms with van der Waals surface area (Å²) in [4.78, 5) is 12.8. The van der Waals surface area contributed by atoms with Crippen LogP contribution < -0.4 is 5.56 Å². The van der Waals surface area contributed by atoms with E-state index in [1.54, 1.807) is 11.5 Å². The van der Waals surface area contributed by atoms with E-state index >= 15 is 0 Å². The number of aryl methyl sites for hydroxylation is 2. The molecule has 68 valence electrons. The molecule has 0 saturated carbocycles. The monoisotopic (exact) mass is 205 g/mol. The Kier molecular flexibility index (Phi) is 2.96. The van der Waals surface area contributed by atoms with Gasteiger partial charge in [-0.1, -0.05) is 11.5 Å². The van der Waals surface area contributed by atoms with Crippen molar-refractivity contribution < 1.29 is 0 Å². The smallest absolute Gasteiger partial charge is 0.264 e. The Bertz CT molecular complexity index is 328. The van der Waals surface area contributed by atoms with Crippen LogP contribution >= 0.6 is 23.9 Å². The Morgan fingerprint density at radius 1 is 1.50 bits per heavy atom. The van der Waals surface area contributed by atoms with Gasteiger partial charge in [0.1, 0.15) is 0 Å². The summed E-state index contributed by atoms with van der Waals surface area (Å²) >= 11 is 1.65. The normalized spacial score (nSPS) is 14.1. The molecule has 0 N–H and O–H groups in total. The van der Waals surface area contributed by atoms with Crippen molar-refractivity contribution in [2.75, 3.05) is 0 Å². The Labute approximate surface area is 81.8 Å². The highest BCUT2D eigenvalue weighted by Gasteiger charge is 2.18. The minimum atomic E-state index is 0. The molecule has 1 heterocycles. The average Bonchev–Trinajstić information content (AvgIpc) is 2.53. The van der Waals surface area contributed by atoms with E-state index in [0.29, 0.717) is 0 Å². The quantitative estimate of drug-likeness (QED) is 0.686. The fraction of sp³-hybridized carbons (Fsp3) is 0.625. The second-order valence-corrected chi connectivity index (χ2v) is 3.96. The van der Waals surface area contributed by atoms with Crippen molar-refractivity contribution in [2.24, 2.45) is 0 Å². The van der Waals surface area contributed by atoms with Crippen molar-refractivity contribution in [2.45, 2.75) is 32.7 Å². The van der Waals surface area contributed by atoms with Crippen molar-refractivity contribution in [3.63, 3.8) is 0 Å². The van der Waals surface area contributed by atoms with Crippen LogP contribution in [0, 0.1) is 0 Å². The van der Waals surface area contributed by atoms with Gasteiger partial charge in [0.05, 0.1) is 0 Å². The molecule has 0 spiro atoms. The lowest BCUT2D eigenvalue weighted by Crippen LogP contribution is -2.14. The lowest BCUT2D eigenvalue weighted by molar-refractivity contribution is 0.791. The molecular weight excluding hydrogens is 194 g/mol. The predicted molar refractivity (Wildman–Crippen MR) is 53.5 cm³/mol. The number of hydrogen-bond acceptors (Lipinski definition) is 2. The molecule has 0 atom stereocenters. The standard InChI is InChI=1S/C8H11NOS.ClH/c1-2-9-8(10)6-4-3-5-7(6)11-9;/h2-5H2,1H3;1H. The molecule has 1 aliphatic rings. The third kappa shape index (κ3) is 1.31. The Morgan fingerprint density at radius 3 is 2.83 bits per heavy atom. The summed E-state index contributed by atoms with van der Waals surface area (Å²) in [6, 6.07) is 0. The van der Waals surface area contributed by atoms with Gasteiger partial charge in [0.15, 0.2) is 0 Å². The molecule has 0 aromatic carbocycles. The minimum absolute atomic E-state index is 0. The zero-order valence-corrected chi connectivity index (χ0v) is 8.63. The molecule has 0 amide bonds. The first kappa shape index (κ1) is 9.81. The van der Waals surface area contributed by atoms with Crippen LogP contribution in [0.25, 0.3) is 0 Å². The number of fused-ring (bicyclic) bond motifs is 1. The number of halogens is 1. The number of aromatic nitrogens is 1. The zero-order chi connectivity index (χ0) is 7.84. The molecule has 12 heavy (non-hydrogen) atoms. The van der Waals surface area contributed by atoms with E-state index < -0.39 is 0 Å². The lowest BCUT2D eigenvalue weighted by Gasteiger charge is -1.91. The Hall–Kier alpha value is -0.280. The van der Waals surface area contributed by atoms with E-state index in [9.17, 15) is 4.79 Å². The second-order valence-electron chi connectivity index (χ2n) is 2.85. The van der Waals surface area contributed by atoms with Gasteiger partial charge < -0.3 is 0 Å². The number of rotatable bonds is 1. The first-order valence-electron chi connectivity index (χ1n) is 4.04. The maximum Gasteiger partial charge on any atom is 0.264 e. The van der Waals surface area contributed by atoms with Crippen molar-refractivity contribution in [1.29, 1.82) is 0 Å². The largest absolute Gasteiger partial charge is 0.268 e. The van der Waals surface area contributed by atoms with Gasteiger partial charge >= 0.3 is 0 Å². The van der Waals surface area contributed by atoms with Gasteiger partial charge in [0.25, 0.3) is 5.56 Å². The van der Waals surface area contributed by atoms with Gasteiger partial charge in [-0.15, -0.1) is 12.4 Å². The number of nitrogens with zero attached hydrogens (tertiary/aromatic N) is 1. The molecule has 1 aliphatic carbocycles. The van der Waals surface area contributed by atoms with Crippen LogP contribution in [0.15, 0.2) is 4.79 Å². The van der Waals surface area contributed by atoms with Crippen LogP contribution in [0.5, 0.6) is 0 Å². The highest BCUT2D eigenvalue weighted by molar-refractivity contribution is 7.06. The second kappa shape index (κ2) is 3.62. The molecule has 0 fully saturated rings. The summed E-state index contributed by atoms with van der Waals surface area (Å²) in [5, 5.41) is 0. The maximum atomic E-state index is 11.5. The zero-order valence-electron chi connectivity index (χ0n) is 7.00. The van der Waals surface area contributed by atoms with E-state index in [1.165, 1.54) is 11.3 Å². The van der Waals surface area contributed by atoms with Crippen LogP contribution in [-0.4, -0.2) is 3.96 Å². The SMILES string of the molecule is CCn1sc2c(c1=O)CCC2.Cl. The van der Waals surface area contributed by atoms with Gasteiger partial charge in [-0.2, -0.15) is 0 Å². The topological polar surface area (TPSA) is 22.0 Å². The van der Waals surface area contributed by atoms with Crippen LogP contribution in [0.4, 0.5) is 0 Å². The maximum absolute atomic E-state index is 11.5. The summed E-state index contributed by atoms with van der Waals surface area (Å²) < 4.78 is 1.85. The van der Waals surface area contributed by atoms with Crippen LogP contribution in [-0.2, 0) is 19.4 Å². The van der Waals surface area contributed by atoms with Crippen molar-refractivity contribution in [3.05, 3.63) is 20.8 Å².